The summed E-state index contributed by atoms with van der Waals surface area (Å²) in [5.74, 6) is 0.191. The van der Waals surface area contributed by atoms with E-state index in [9.17, 15) is 9.59 Å². The van der Waals surface area contributed by atoms with Crippen LogP contribution >= 0.6 is 11.3 Å². The molecular formula is C16H25N5O2S. The van der Waals surface area contributed by atoms with Gasteiger partial charge in [0.1, 0.15) is 0 Å². The molecule has 2 fully saturated rings. The second-order valence-corrected chi connectivity index (χ2v) is 7.41. The Bertz CT molecular complexity index is 597. The van der Waals surface area contributed by atoms with Crippen LogP contribution in [-0.2, 0) is 16.1 Å². The van der Waals surface area contributed by atoms with E-state index >= 15 is 0 Å². The number of rotatable bonds is 4. The Kier molecular flexibility index (Phi) is 5.47. The van der Waals surface area contributed by atoms with Crippen molar-refractivity contribution in [2.45, 2.75) is 32.4 Å². The van der Waals surface area contributed by atoms with Crippen LogP contribution in [0.15, 0.2) is 5.38 Å². The summed E-state index contributed by atoms with van der Waals surface area (Å²) in [5, 5.41) is 5.63. The molecule has 0 spiro atoms. The maximum absolute atomic E-state index is 12.3. The number of likely N-dealkylation sites (tertiary alicyclic amines) is 1. The van der Waals surface area contributed by atoms with Gasteiger partial charge < -0.3 is 10.2 Å². The molecule has 0 aromatic carbocycles. The van der Waals surface area contributed by atoms with Gasteiger partial charge in [0.15, 0.2) is 5.13 Å². The lowest BCUT2D eigenvalue weighted by atomic mass is 10.2. The first kappa shape index (κ1) is 17.3. The van der Waals surface area contributed by atoms with Gasteiger partial charge in [-0.1, -0.05) is 0 Å². The van der Waals surface area contributed by atoms with Gasteiger partial charge >= 0.3 is 0 Å². The molecule has 2 saturated heterocycles. The number of anilines is 1. The minimum atomic E-state index is -0.0305. The second-order valence-electron chi connectivity index (χ2n) is 6.55. The molecule has 2 aliphatic rings. The normalized spacial score (nSPS) is 22.8. The van der Waals surface area contributed by atoms with E-state index in [1.807, 2.05) is 17.3 Å². The Morgan fingerprint density at radius 2 is 2.04 bits per heavy atom. The van der Waals surface area contributed by atoms with Gasteiger partial charge in [-0.05, 0) is 26.4 Å². The zero-order valence-electron chi connectivity index (χ0n) is 14.3. The molecule has 3 heterocycles. The van der Waals surface area contributed by atoms with E-state index in [0.29, 0.717) is 5.13 Å². The quantitative estimate of drug-likeness (QED) is 0.871. The van der Waals surface area contributed by atoms with Crippen LogP contribution in [0.4, 0.5) is 5.13 Å². The predicted octanol–water partition coefficient (Wildman–Crippen LogP) is 0.840. The minimum Gasteiger partial charge on any atom is -0.340 e. The molecule has 1 atom stereocenters. The van der Waals surface area contributed by atoms with E-state index in [4.69, 9.17) is 0 Å². The van der Waals surface area contributed by atoms with Crippen molar-refractivity contribution < 1.29 is 9.59 Å². The fourth-order valence-electron chi connectivity index (χ4n) is 3.32. The third kappa shape index (κ3) is 4.12. The molecule has 2 amide bonds. The molecule has 132 valence electrons. The molecule has 7 nitrogen and oxygen atoms in total. The third-order valence-electron chi connectivity index (χ3n) is 4.81. The van der Waals surface area contributed by atoms with Crippen LogP contribution in [0.3, 0.4) is 0 Å². The zero-order chi connectivity index (χ0) is 17.1. The van der Waals surface area contributed by atoms with Gasteiger partial charge in [0.05, 0.1) is 11.7 Å². The lowest BCUT2D eigenvalue weighted by Crippen LogP contribution is -2.47. The summed E-state index contributed by atoms with van der Waals surface area (Å²) in [6.45, 7) is 6.65. The standard InChI is InChI=1S/C16H25N5O2S/c1-12(22)21-8-6-20(7-9-21)10-13-11-24-16(17-13)18-15(23)14-4-3-5-19(14)2/h11,14H,3-10H2,1-2H3,(H,17,18,23)/t14-/m0/s1. The molecule has 0 radical (unpaired) electrons. The highest BCUT2D eigenvalue weighted by Gasteiger charge is 2.28. The molecule has 0 bridgehead atoms. The molecule has 1 N–H and O–H groups in total. The topological polar surface area (TPSA) is 68.8 Å². The summed E-state index contributed by atoms with van der Waals surface area (Å²) in [6.07, 6.45) is 1.99. The number of aromatic nitrogens is 1. The maximum atomic E-state index is 12.3. The summed E-state index contributed by atoms with van der Waals surface area (Å²) < 4.78 is 0. The monoisotopic (exact) mass is 351 g/mol. The lowest BCUT2D eigenvalue weighted by molar-refractivity contribution is -0.130. The number of piperazine rings is 1. The van der Waals surface area contributed by atoms with E-state index < -0.39 is 0 Å². The van der Waals surface area contributed by atoms with Crippen LogP contribution in [-0.4, -0.2) is 77.3 Å². The highest BCUT2D eigenvalue weighted by molar-refractivity contribution is 7.13. The third-order valence-corrected chi connectivity index (χ3v) is 5.61. The largest absolute Gasteiger partial charge is 0.340 e. The van der Waals surface area contributed by atoms with Gasteiger partial charge in [-0.3, -0.25) is 19.4 Å². The van der Waals surface area contributed by atoms with Crippen LogP contribution in [0.1, 0.15) is 25.5 Å². The molecule has 24 heavy (non-hydrogen) atoms. The summed E-state index contributed by atoms with van der Waals surface area (Å²) in [4.78, 5) is 34.5. The van der Waals surface area contributed by atoms with Crippen LogP contribution in [0.25, 0.3) is 0 Å². The van der Waals surface area contributed by atoms with Crippen LogP contribution in [0.5, 0.6) is 0 Å². The maximum Gasteiger partial charge on any atom is 0.243 e. The van der Waals surface area contributed by atoms with Gasteiger partial charge in [0.25, 0.3) is 0 Å². The molecule has 0 unspecified atom stereocenters. The highest BCUT2D eigenvalue weighted by atomic mass is 32.1. The summed E-state index contributed by atoms with van der Waals surface area (Å²) in [6, 6.07) is -0.0305. The first-order chi connectivity index (χ1) is 11.5. The Hall–Kier alpha value is -1.51. The Labute approximate surface area is 146 Å². The number of nitrogens with one attached hydrogen (secondary N) is 1. The van der Waals surface area contributed by atoms with Crippen molar-refractivity contribution in [3.63, 3.8) is 0 Å². The van der Waals surface area contributed by atoms with E-state index in [-0.39, 0.29) is 17.9 Å². The number of carbonyl (C=O) groups excluding carboxylic acids is 2. The molecular weight excluding hydrogens is 326 g/mol. The Morgan fingerprint density at radius 3 is 2.67 bits per heavy atom. The molecule has 0 saturated carbocycles. The minimum absolute atomic E-state index is 0.0305. The lowest BCUT2D eigenvalue weighted by Gasteiger charge is -2.33. The molecule has 0 aliphatic carbocycles. The van der Waals surface area contributed by atoms with Gasteiger partial charge in [-0.2, -0.15) is 0 Å². The molecule has 2 aliphatic heterocycles. The van der Waals surface area contributed by atoms with Crippen molar-refractivity contribution in [3.8, 4) is 0 Å². The number of likely N-dealkylation sites (N-methyl/N-ethyl adjacent to an activating group) is 1. The van der Waals surface area contributed by atoms with Gasteiger partial charge in [-0.15, -0.1) is 11.3 Å². The summed E-state index contributed by atoms with van der Waals surface area (Å²) in [5.41, 5.74) is 0.978. The predicted molar refractivity (Wildman–Crippen MR) is 93.9 cm³/mol. The zero-order valence-corrected chi connectivity index (χ0v) is 15.1. The number of hydrogen-bond acceptors (Lipinski definition) is 6. The summed E-state index contributed by atoms with van der Waals surface area (Å²) >= 11 is 1.48. The molecule has 8 heteroatoms. The number of carbonyl (C=O) groups is 2. The number of hydrogen-bond donors (Lipinski definition) is 1. The fraction of sp³-hybridized carbons (Fsp3) is 0.688. The van der Waals surface area contributed by atoms with Crippen molar-refractivity contribution in [1.82, 2.24) is 19.7 Å². The van der Waals surface area contributed by atoms with E-state index in [2.05, 4.69) is 20.1 Å². The van der Waals surface area contributed by atoms with Gasteiger partial charge in [0, 0.05) is 45.0 Å². The average Bonchev–Trinajstić information content (AvgIpc) is 3.17. The number of thiazole rings is 1. The Balaban J connectivity index is 1.49. The fourth-order valence-corrected chi connectivity index (χ4v) is 4.02. The SMILES string of the molecule is CC(=O)N1CCN(Cc2csc(NC(=O)[C@@H]3CCCN3C)n2)CC1. The molecule has 1 aromatic heterocycles. The number of amides is 2. The van der Waals surface area contributed by atoms with E-state index in [1.165, 1.54) is 11.3 Å². The first-order valence-corrected chi connectivity index (χ1v) is 9.34. The van der Waals surface area contributed by atoms with Crippen LogP contribution < -0.4 is 5.32 Å². The van der Waals surface area contributed by atoms with Crippen molar-refractivity contribution in [3.05, 3.63) is 11.1 Å². The highest BCUT2D eigenvalue weighted by Crippen LogP contribution is 2.20. The smallest absolute Gasteiger partial charge is 0.243 e. The van der Waals surface area contributed by atoms with E-state index in [0.717, 1.165) is 57.8 Å². The number of nitrogens with zero attached hydrogens (tertiary/aromatic N) is 4. The first-order valence-electron chi connectivity index (χ1n) is 8.46. The van der Waals surface area contributed by atoms with Crippen molar-refractivity contribution in [2.75, 3.05) is 45.1 Å². The Morgan fingerprint density at radius 1 is 1.29 bits per heavy atom. The van der Waals surface area contributed by atoms with Gasteiger partial charge in [-0.25, -0.2) is 4.98 Å². The van der Waals surface area contributed by atoms with Crippen molar-refractivity contribution in [2.24, 2.45) is 0 Å². The van der Waals surface area contributed by atoms with Crippen LogP contribution in [0, 0.1) is 0 Å². The average molecular weight is 351 g/mol. The molecule has 1 aromatic rings. The summed E-state index contributed by atoms with van der Waals surface area (Å²) in [7, 11) is 1.99. The second kappa shape index (κ2) is 7.58. The van der Waals surface area contributed by atoms with Crippen molar-refractivity contribution in [1.29, 1.82) is 0 Å². The van der Waals surface area contributed by atoms with Gasteiger partial charge in [0.2, 0.25) is 11.8 Å². The van der Waals surface area contributed by atoms with Crippen molar-refractivity contribution >= 4 is 28.3 Å². The van der Waals surface area contributed by atoms with Crippen LogP contribution in [0.2, 0.25) is 0 Å². The van der Waals surface area contributed by atoms with E-state index in [1.54, 1.807) is 6.92 Å². The molecule has 3 rings (SSSR count).